The Kier molecular flexibility index (Phi) is 3.18. The van der Waals surface area contributed by atoms with Gasteiger partial charge in [-0.1, -0.05) is 42.5 Å². The molecule has 2 aromatic rings. The summed E-state index contributed by atoms with van der Waals surface area (Å²) in [6, 6.07) is 10.0. The zero-order chi connectivity index (χ0) is 12.3. The molecule has 0 aliphatic rings. The van der Waals surface area contributed by atoms with Crippen molar-refractivity contribution < 1.29 is 9.90 Å². The highest BCUT2D eigenvalue weighted by Crippen LogP contribution is 2.16. The van der Waals surface area contributed by atoms with Gasteiger partial charge in [-0.25, -0.2) is 4.79 Å². The first-order chi connectivity index (χ1) is 8.16. The first kappa shape index (κ1) is 11.3. The van der Waals surface area contributed by atoms with Crippen LogP contribution in [-0.4, -0.2) is 26.1 Å². The Morgan fingerprint density at radius 1 is 1.41 bits per heavy atom. The Morgan fingerprint density at radius 2 is 2.12 bits per heavy atom. The summed E-state index contributed by atoms with van der Waals surface area (Å²) in [5, 5.41) is 16.1. The van der Waals surface area contributed by atoms with Crippen molar-refractivity contribution in [2.75, 3.05) is 0 Å². The average Bonchev–Trinajstić information content (AvgIpc) is 2.79. The van der Waals surface area contributed by atoms with Crippen molar-refractivity contribution in [3.63, 3.8) is 0 Å². The number of nitrogens with zero attached hydrogens (tertiary/aromatic N) is 3. The lowest BCUT2D eigenvalue weighted by atomic mass is 10.0. The van der Waals surface area contributed by atoms with Crippen molar-refractivity contribution >= 4 is 5.97 Å². The second-order valence-electron chi connectivity index (χ2n) is 3.94. The van der Waals surface area contributed by atoms with Gasteiger partial charge in [0.15, 0.2) is 5.69 Å². The van der Waals surface area contributed by atoms with Crippen LogP contribution in [0.3, 0.4) is 0 Å². The highest BCUT2D eigenvalue weighted by atomic mass is 16.4. The monoisotopic (exact) mass is 231 g/mol. The van der Waals surface area contributed by atoms with Crippen LogP contribution in [0, 0.1) is 0 Å². The summed E-state index contributed by atoms with van der Waals surface area (Å²) in [7, 11) is 0. The van der Waals surface area contributed by atoms with Crippen molar-refractivity contribution in [3.05, 3.63) is 47.8 Å². The van der Waals surface area contributed by atoms with E-state index in [4.69, 9.17) is 5.11 Å². The lowest BCUT2D eigenvalue weighted by molar-refractivity contribution is 0.0690. The van der Waals surface area contributed by atoms with Gasteiger partial charge in [-0.15, -0.1) is 5.10 Å². The van der Waals surface area contributed by atoms with Gasteiger partial charge in [0.25, 0.3) is 0 Å². The summed E-state index contributed by atoms with van der Waals surface area (Å²) >= 11 is 0. The van der Waals surface area contributed by atoms with E-state index in [1.54, 1.807) is 4.68 Å². The minimum Gasteiger partial charge on any atom is -0.476 e. The number of hydrogen-bond donors (Lipinski definition) is 1. The number of carboxylic acid groups (broad SMARTS) is 1. The molecule has 0 amide bonds. The Morgan fingerprint density at radius 3 is 2.71 bits per heavy atom. The fraction of sp³-hybridized carbons (Fsp3) is 0.250. The summed E-state index contributed by atoms with van der Waals surface area (Å²) in [4.78, 5) is 10.7. The molecule has 0 saturated carbocycles. The molecule has 1 N–H and O–H groups in total. The summed E-state index contributed by atoms with van der Waals surface area (Å²) in [5.41, 5.74) is 1.17. The second kappa shape index (κ2) is 4.78. The number of aromatic carboxylic acids is 1. The maximum atomic E-state index is 10.7. The molecule has 5 heteroatoms. The molecule has 0 bridgehead atoms. The molecule has 0 aliphatic heterocycles. The Labute approximate surface area is 98.7 Å². The van der Waals surface area contributed by atoms with Crippen LogP contribution in [0.1, 0.15) is 28.9 Å². The Balaban J connectivity index is 2.08. The summed E-state index contributed by atoms with van der Waals surface area (Å²) in [6.45, 7) is 2.68. The smallest absolute Gasteiger partial charge is 0.358 e. The average molecular weight is 231 g/mol. The molecule has 1 aromatic heterocycles. The number of carboxylic acids is 1. The van der Waals surface area contributed by atoms with Crippen LogP contribution in [0.15, 0.2) is 36.5 Å². The van der Waals surface area contributed by atoms with E-state index in [0.29, 0.717) is 6.54 Å². The lowest BCUT2D eigenvalue weighted by Gasteiger charge is -2.10. The van der Waals surface area contributed by atoms with Gasteiger partial charge in [-0.2, -0.15) is 0 Å². The van der Waals surface area contributed by atoms with Gasteiger partial charge in [0.2, 0.25) is 0 Å². The highest BCUT2D eigenvalue weighted by molar-refractivity contribution is 5.84. The standard InChI is InChI=1S/C12H13N3O2/c1-9(10-5-3-2-4-6-10)7-15-8-11(12(16)17)13-14-15/h2-6,8-9H,7H2,1H3,(H,16,17). The molecule has 2 rings (SSSR count). The molecule has 0 aliphatic carbocycles. The van der Waals surface area contributed by atoms with Crippen LogP contribution in [0.25, 0.3) is 0 Å². The predicted molar refractivity (Wildman–Crippen MR) is 61.8 cm³/mol. The molecule has 0 fully saturated rings. The molecular weight excluding hydrogens is 218 g/mol. The Hall–Kier alpha value is -2.17. The van der Waals surface area contributed by atoms with Crippen molar-refractivity contribution in [2.45, 2.75) is 19.4 Å². The fourth-order valence-electron chi connectivity index (χ4n) is 1.65. The lowest BCUT2D eigenvalue weighted by Crippen LogP contribution is -2.07. The molecule has 88 valence electrons. The minimum absolute atomic E-state index is 0.0229. The summed E-state index contributed by atoms with van der Waals surface area (Å²) in [5.74, 6) is -0.789. The van der Waals surface area contributed by atoms with Gasteiger partial charge in [-0.3, -0.25) is 4.68 Å². The topological polar surface area (TPSA) is 68.0 Å². The van der Waals surface area contributed by atoms with E-state index < -0.39 is 5.97 Å². The van der Waals surface area contributed by atoms with E-state index in [1.807, 2.05) is 30.3 Å². The number of aromatic nitrogens is 3. The quantitative estimate of drug-likeness (QED) is 0.870. The molecule has 1 aromatic carbocycles. The third-order valence-corrected chi connectivity index (χ3v) is 2.59. The summed E-state index contributed by atoms with van der Waals surface area (Å²) in [6.07, 6.45) is 1.45. The Bertz CT molecular complexity index is 507. The van der Waals surface area contributed by atoms with Crippen molar-refractivity contribution in [2.24, 2.45) is 0 Å². The third-order valence-electron chi connectivity index (χ3n) is 2.59. The first-order valence-corrected chi connectivity index (χ1v) is 5.35. The molecule has 5 nitrogen and oxygen atoms in total. The molecule has 1 atom stereocenters. The maximum Gasteiger partial charge on any atom is 0.358 e. The fourth-order valence-corrected chi connectivity index (χ4v) is 1.65. The highest BCUT2D eigenvalue weighted by Gasteiger charge is 2.11. The van der Waals surface area contributed by atoms with Crippen LogP contribution in [0.5, 0.6) is 0 Å². The van der Waals surface area contributed by atoms with E-state index in [0.717, 1.165) is 0 Å². The largest absolute Gasteiger partial charge is 0.476 e. The van der Waals surface area contributed by atoms with Crippen LogP contribution < -0.4 is 0 Å². The maximum absolute atomic E-state index is 10.7. The van der Waals surface area contributed by atoms with E-state index in [2.05, 4.69) is 17.2 Å². The van der Waals surface area contributed by atoms with Crippen LogP contribution >= 0.6 is 0 Å². The van der Waals surface area contributed by atoms with Crippen molar-refractivity contribution in [3.8, 4) is 0 Å². The molecule has 17 heavy (non-hydrogen) atoms. The van der Waals surface area contributed by atoms with E-state index in [1.165, 1.54) is 11.8 Å². The molecule has 1 heterocycles. The van der Waals surface area contributed by atoms with Crippen molar-refractivity contribution in [1.29, 1.82) is 0 Å². The third kappa shape index (κ3) is 2.69. The second-order valence-corrected chi connectivity index (χ2v) is 3.94. The molecule has 0 saturated heterocycles. The van der Waals surface area contributed by atoms with Crippen LogP contribution in [-0.2, 0) is 6.54 Å². The van der Waals surface area contributed by atoms with Gasteiger partial charge in [0.05, 0.1) is 6.20 Å². The van der Waals surface area contributed by atoms with Gasteiger partial charge in [-0.05, 0) is 5.56 Å². The number of carbonyl (C=O) groups is 1. The zero-order valence-corrected chi connectivity index (χ0v) is 9.45. The van der Waals surface area contributed by atoms with Gasteiger partial charge in [0.1, 0.15) is 0 Å². The van der Waals surface area contributed by atoms with E-state index in [9.17, 15) is 4.79 Å². The van der Waals surface area contributed by atoms with Crippen LogP contribution in [0.4, 0.5) is 0 Å². The van der Waals surface area contributed by atoms with Crippen molar-refractivity contribution in [1.82, 2.24) is 15.0 Å². The molecule has 1 unspecified atom stereocenters. The van der Waals surface area contributed by atoms with E-state index >= 15 is 0 Å². The first-order valence-electron chi connectivity index (χ1n) is 5.35. The van der Waals surface area contributed by atoms with Gasteiger partial charge < -0.3 is 5.11 Å². The van der Waals surface area contributed by atoms with Gasteiger partial charge >= 0.3 is 5.97 Å². The zero-order valence-electron chi connectivity index (χ0n) is 9.45. The summed E-state index contributed by atoms with van der Waals surface area (Å²) < 4.78 is 1.56. The number of hydrogen-bond acceptors (Lipinski definition) is 3. The normalized spacial score (nSPS) is 12.3. The van der Waals surface area contributed by atoms with Crippen LogP contribution in [0.2, 0.25) is 0 Å². The molecular formula is C12H13N3O2. The molecule has 0 radical (unpaired) electrons. The minimum atomic E-state index is -1.05. The molecule has 0 spiro atoms. The predicted octanol–water partition coefficient (Wildman–Crippen LogP) is 1.78. The SMILES string of the molecule is CC(Cn1cc(C(=O)O)nn1)c1ccccc1. The number of benzene rings is 1. The number of rotatable bonds is 4. The van der Waals surface area contributed by atoms with E-state index in [-0.39, 0.29) is 11.6 Å². The van der Waals surface area contributed by atoms with Gasteiger partial charge in [0, 0.05) is 12.5 Å².